The summed E-state index contributed by atoms with van der Waals surface area (Å²) in [5.74, 6) is -0.155. The van der Waals surface area contributed by atoms with Crippen molar-refractivity contribution in [2.24, 2.45) is 5.92 Å². The van der Waals surface area contributed by atoms with Gasteiger partial charge in [-0.2, -0.15) is 0 Å². The molecule has 1 unspecified atom stereocenters. The molecule has 0 aliphatic heterocycles. The minimum atomic E-state index is -3.55. The average Bonchev–Trinajstić information content (AvgIpc) is 2.78. The summed E-state index contributed by atoms with van der Waals surface area (Å²) in [6.07, 6.45) is 1.52. The number of anilines is 1. The lowest BCUT2D eigenvalue weighted by atomic mass is 10.1. The van der Waals surface area contributed by atoms with Gasteiger partial charge >= 0.3 is 0 Å². The van der Waals surface area contributed by atoms with Gasteiger partial charge in [-0.25, -0.2) is 8.42 Å². The molecule has 0 radical (unpaired) electrons. The smallest absolute Gasteiger partial charge is 0.242 e. The molecule has 0 aliphatic rings. The second-order valence-electron chi connectivity index (χ2n) is 8.88. The molecule has 2 aromatic carbocycles. The number of sulfonamides is 1. The minimum Gasteiger partial charge on any atom is -0.354 e. The quantitative estimate of drug-likeness (QED) is 0.386. The average molecular weight is 587 g/mol. The normalized spacial score (nSPS) is 12.3. The topological polar surface area (TPSA) is 86.8 Å². The zero-order valence-electron chi connectivity index (χ0n) is 20.5. The predicted molar refractivity (Wildman–Crippen MR) is 145 cm³/mol. The van der Waals surface area contributed by atoms with Gasteiger partial charge in [-0.05, 0) is 61.2 Å². The molecule has 0 fully saturated rings. The van der Waals surface area contributed by atoms with Gasteiger partial charge in [0.2, 0.25) is 21.8 Å². The monoisotopic (exact) mass is 585 g/mol. The van der Waals surface area contributed by atoms with Crippen LogP contribution >= 0.6 is 27.5 Å². The predicted octanol–water partition coefficient (Wildman–Crippen LogP) is 4.84. The van der Waals surface area contributed by atoms with Crippen molar-refractivity contribution in [3.05, 3.63) is 63.6 Å². The molecule has 0 spiro atoms. The van der Waals surface area contributed by atoms with E-state index < -0.39 is 16.1 Å². The Labute approximate surface area is 222 Å². The van der Waals surface area contributed by atoms with E-state index >= 15 is 0 Å². The fourth-order valence-corrected chi connectivity index (χ4v) is 5.02. The first-order valence-corrected chi connectivity index (χ1v) is 14.4. The van der Waals surface area contributed by atoms with E-state index in [0.29, 0.717) is 23.7 Å². The van der Waals surface area contributed by atoms with Crippen molar-refractivity contribution in [3.8, 4) is 0 Å². The van der Waals surface area contributed by atoms with Crippen molar-refractivity contribution < 1.29 is 18.0 Å². The molecule has 7 nitrogen and oxygen atoms in total. The summed E-state index contributed by atoms with van der Waals surface area (Å²) in [4.78, 5) is 27.6. The summed E-state index contributed by atoms with van der Waals surface area (Å²) < 4.78 is 26.9. The Morgan fingerprint density at radius 3 is 2.31 bits per heavy atom. The van der Waals surface area contributed by atoms with Crippen molar-refractivity contribution in [2.45, 2.75) is 46.2 Å². The molecule has 1 N–H and O–H groups in total. The number of carbonyl (C=O) groups is 2. The first-order chi connectivity index (χ1) is 16.4. The third-order valence-electron chi connectivity index (χ3n) is 5.36. The zero-order valence-corrected chi connectivity index (χ0v) is 23.7. The summed E-state index contributed by atoms with van der Waals surface area (Å²) >= 11 is 9.37. The molecule has 2 rings (SSSR count). The summed E-state index contributed by atoms with van der Waals surface area (Å²) in [6, 6.07) is 13.4. The van der Waals surface area contributed by atoms with Crippen LogP contribution in [-0.4, -0.2) is 50.5 Å². The van der Waals surface area contributed by atoms with Crippen molar-refractivity contribution in [1.29, 1.82) is 0 Å². The second kappa shape index (κ2) is 13.3. The fraction of sp³-hybridized carbons (Fsp3) is 0.440. The van der Waals surface area contributed by atoms with E-state index in [0.717, 1.165) is 16.3 Å². The summed E-state index contributed by atoms with van der Waals surface area (Å²) in [6.45, 7) is 6.63. The molecule has 0 aliphatic carbocycles. The van der Waals surface area contributed by atoms with Crippen LogP contribution in [0.25, 0.3) is 0 Å². The van der Waals surface area contributed by atoms with E-state index in [4.69, 9.17) is 11.6 Å². The number of hydrogen-bond donors (Lipinski definition) is 1. The zero-order chi connectivity index (χ0) is 26.2. The van der Waals surface area contributed by atoms with Gasteiger partial charge in [0.25, 0.3) is 0 Å². The Morgan fingerprint density at radius 1 is 1.09 bits per heavy atom. The fourth-order valence-electron chi connectivity index (χ4n) is 3.48. The maximum absolute atomic E-state index is 13.3. The van der Waals surface area contributed by atoms with Gasteiger partial charge in [0, 0.05) is 35.6 Å². The highest BCUT2D eigenvalue weighted by Gasteiger charge is 2.26. The lowest BCUT2D eigenvalue weighted by Crippen LogP contribution is -2.48. The minimum absolute atomic E-state index is 0.0927. The van der Waals surface area contributed by atoms with Crippen LogP contribution < -0.4 is 9.62 Å². The number of nitrogens with zero attached hydrogens (tertiary/aromatic N) is 2. The van der Waals surface area contributed by atoms with Crippen LogP contribution in [0.3, 0.4) is 0 Å². The largest absolute Gasteiger partial charge is 0.354 e. The maximum atomic E-state index is 13.3. The van der Waals surface area contributed by atoms with Gasteiger partial charge in [-0.1, -0.05) is 53.5 Å². The Hall–Kier alpha value is -2.10. The molecule has 0 saturated carbocycles. The Kier molecular flexibility index (Phi) is 11.0. The van der Waals surface area contributed by atoms with Crippen LogP contribution in [-0.2, 0) is 26.2 Å². The molecular weight excluding hydrogens is 554 g/mol. The Balaban J connectivity index is 2.15. The van der Waals surface area contributed by atoms with E-state index in [1.165, 1.54) is 4.31 Å². The van der Waals surface area contributed by atoms with E-state index in [-0.39, 0.29) is 37.2 Å². The van der Waals surface area contributed by atoms with E-state index in [1.54, 1.807) is 36.1 Å². The summed E-state index contributed by atoms with van der Waals surface area (Å²) in [7, 11) is -3.55. The van der Waals surface area contributed by atoms with Crippen molar-refractivity contribution in [2.75, 3.05) is 23.7 Å². The molecule has 0 saturated heterocycles. The van der Waals surface area contributed by atoms with Crippen molar-refractivity contribution >= 4 is 55.1 Å². The SMILES string of the molecule is CC(C)CNC(=O)C(C)N(Cc1cccc(Br)c1)C(=O)CCCN(c1ccc(Cl)cc1)S(C)(=O)=O. The van der Waals surface area contributed by atoms with Crippen LogP contribution in [0, 0.1) is 5.92 Å². The van der Waals surface area contributed by atoms with Crippen LogP contribution in [0.1, 0.15) is 39.2 Å². The van der Waals surface area contributed by atoms with E-state index in [1.807, 2.05) is 38.1 Å². The molecule has 0 aromatic heterocycles. The number of halogens is 2. The highest BCUT2D eigenvalue weighted by molar-refractivity contribution is 9.10. The molecule has 0 heterocycles. The lowest BCUT2D eigenvalue weighted by Gasteiger charge is -2.29. The first-order valence-electron chi connectivity index (χ1n) is 11.4. The molecule has 1 atom stereocenters. The number of benzene rings is 2. The number of rotatable bonds is 12. The summed E-state index contributed by atoms with van der Waals surface area (Å²) in [5.41, 5.74) is 1.37. The number of amides is 2. The Bertz CT molecular complexity index is 1110. The number of carbonyl (C=O) groups excluding carboxylic acids is 2. The molecule has 192 valence electrons. The molecule has 35 heavy (non-hydrogen) atoms. The van der Waals surface area contributed by atoms with Crippen LogP contribution in [0.2, 0.25) is 5.02 Å². The third-order valence-corrected chi connectivity index (χ3v) is 7.30. The van der Waals surface area contributed by atoms with E-state index in [2.05, 4.69) is 21.2 Å². The van der Waals surface area contributed by atoms with Crippen molar-refractivity contribution in [3.63, 3.8) is 0 Å². The Morgan fingerprint density at radius 2 is 1.74 bits per heavy atom. The van der Waals surface area contributed by atoms with Gasteiger partial charge in [0.15, 0.2) is 0 Å². The van der Waals surface area contributed by atoms with Gasteiger partial charge in [0.1, 0.15) is 6.04 Å². The highest BCUT2D eigenvalue weighted by atomic mass is 79.9. The first kappa shape index (κ1) is 29.1. The molecule has 10 heteroatoms. The molecule has 0 bridgehead atoms. The maximum Gasteiger partial charge on any atom is 0.242 e. The molecule has 2 aromatic rings. The van der Waals surface area contributed by atoms with Gasteiger partial charge < -0.3 is 10.2 Å². The van der Waals surface area contributed by atoms with E-state index in [9.17, 15) is 18.0 Å². The van der Waals surface area contributed by atoms with Crippen molar-refractivity contribution in [1.82, 2.24) is 10.2 Å². The van der Waals surface area contributed by atoms with Crippen LogP contribution in [0.5, 0.6) is 0 Å². The van der Waals surface area contributed by atoms with Gasteiger partial charge in [-0.3, -0.25) is 13.9 Å². The van der Waals surface area contributed by atoms with Crippen LogP contribution in [0.15, 0.2) is 53.0 Å². The van der Waals surface area contributed by atoms with Gasteiger partial charge in [-0.15, -0.1) is 0 Å². The molecule has 2 amide bonds. The number of nitrogens with one attached hydrogen (secondary N) is 1. The summed E-state index contributed by atoms with van der Waals surface area (Å²) in [5, 5.41) is 3.40. The lowest BCUT2D eigenvalue weighted by molar-refractivity contribution is -0.140. The third kappa shape index (κ3) is 9.46. The second-order valence-corrected chi connectivity index (χ2v) is 12.1. The highest BCUT2D eigenvalue weighted by Crippen LogP contribution is 2.22. The van der Waals surface area contributed by atoms with Crippen LogP contribution in [0.4, 0.5) is 5.69 Å². The number of hydrogen-bond acceptors (Lipinski definition) is 4. The standard InChI is InChI=1S/C25H33BrClN3O4S/c1-18(2)16-28-25(32)19(3)29(17-20-7-5-8-21(26)15-20)24(31)9-6-14-30(35(4,33)34)23-12-10-22(27)11-13-23/h5,7-8,10-13,15,18-19H,6,9,14,16-17H2,1-4H3,(H,28,32). The molecular formula is C25H33BrClN3O4S. The van der Waals surface area contributed by atoms with Gasteiger partial charge in [0.05, 0.1) is 11.9 Å².